The Morgan fingerprint density at radius 3 is 1.55 bits per heavy atom. The van der Waals surface area contributed by atoms with Gasteiger partial charge in [0.1, 0.15) is 5.76 Å². The maximum absolute atomic E-state index is 11.8. The molecule has 0 atom stereocenters. The van der Waals surface area contributed by atoms with Crippen LogP contribution >= 0.6 is 0 Å². The van der Waals surface area contributed by atoms with Gasteiger partial charge in [0.05, 0.1) is 0 Å². The van der Waals surface area contributed by atoms with Crippen LogP contribution < -0.4 is 0 Å². The van der Waals surface area contributed by atoms with Gasteiger partial charge in [0.15, 0.2) is 5.78 Å². The Hall–Kier alpha value is -2.25. The number of benzene rings is 2. The summed E-state index contributed by atoms with van der Waals surface area (Å²) in [6.07, 6.45) is 1.24. The van der Waals surface area contributed by atoms with E-state index in [1.54, 1.807) is 36.4 Å². The van der Waals surface area contributed by atoms with Crippen molar-refractivity contribution < 1.29 is 29.4 Å². The molecule has 0 aromatic heterocycles. The van der Waals surface area contributed by atoms with Crippen LogP contribution in [0.2, 0.25) is 0 Å². The van der Waals surface area contributed by atoms with E-state index in [0.717, 1.165) is 0 Å². The van der Waals surface area contributed by atoms with Crippen LogP contribution in [0.4, 0.5) is 0 Å². The molecule has 0 amide bonds. The van der Waals surface area contributed by atoms with Gasteiger partial charge >= 0.3 is 0 Å². The number of ketones is 1. The van der Waals surface area contributed by atoms with Crippen LogP contribution in [0.5, 0.6) is 0 Å². The first-order valence-electron chi connectivity index (χ1n) is 6.33. The van der Waals surface area contributed by atoms with Crippen molar-refractivity contribution in [2.24, 2.45) is 0 Å². The number of rotatable bonds is 3. The van der Waals surface area contributed by atoms with Gasteiger partial charge in [0, 0.05) is 36.7 Å². The Labute approximate surface area is 145 Å². The molecule has 2 aromatic rings. The molecule has 117 valence electrons. The molecule has 2 aromatic carbocycles. The zero-order valence-electron chi connectivity index (χ0n) is 12.4. The number of carbonyl (C=O) groups is 1. The van der Waals surface area contributed by atoms with Gasteiger partial charge in [-0.2, -0.15) is 0 Å². The minimum Gasteiger partial charge on any atom is -0.507 e. The van der Waals surface area contributed by atoms with Crippen LogP contribution in [0.3, 0.4) is 0 Å². The van der Waals surface area contributed by atoms with E-state index in [-0.39, 0.29) is 31.0 Å². The second-order valence-corrected chi connectivity index (χ2v) is 3.63. The molecule has 0 unspecified atom stereocenters. The molecule has 2 rings (SSSR count). The fourth-order valence-electron chi connectivity index (χ4n) is 1.50. The molecule has 3 heteroatoms. The zero-order chi connectivity index (χ0) is 16.1. The molecular weight excluding hydrogens is 363 g/mol. The smallest absolute Gasteiger partial charge is 0.189 e. The molecule has 0 aliphatic carbocycles. The van der Waals surface area contributed by atoms with E-state index < -0.39 is 0 Å². The molecule has 0 saturated heterocycles. The first-order chi connectivity index (χ1) is 10.3. The van der Waals surface area contributed by atoms with Crippen LogP contribution in [-0.2, 0) is 19.5 Å². The summed E-state index contributed by atoms with van der Waals surface area (Å²) in [4.78, 5) is 11.8. The van der Waals surface area contributed by atoms with E-state index in [9.17, 15) is 9.90 Å². The van der Waals surface area contributed by atoms with Crippen LogP contribution in [-0.4, -0.2) is 10.9 Å². The minimum atomic E-state index is -0.202. The average Bonchev–Trinajstić information content (AvgIpc) is 2.60. The van der Waals surface area contributed by atoms with E-state index >= 15 is 0 Å². The fourth-order valence-corrected chi connectivity index (χ4v) is 1.50. The van der Waals surface area contributed by atoms with Gasteiger partial charge in [-0.15, -0.1) is 26.3 Å². The van der Waals surface area contributed by atoms with Gasteiger partial charge in [-0.3, -0.25) is 4.79 Å². The molecule has 0 fully saturated rings. The van der Waals surface area contributed by atoms with Gasteiger partial charge in [-0.05, 0) is 0 Å². The van der Waals surface area contributed by atoms with Gasteiger partial charge in [0.25, 0.3) is 0 Å². The topological polar surface area (TPSA) is 37.3 Å². The molecule has 22 heavy (non-hydrogen) atoms. The predicted molar refractivity (Wildman–Crippen MR) is 90.3 cm³/mol. The summed E-state index contributed by atoms with van der Waals surface area (Å²) in [6, 6.07) is 17.9. The summed E-state index contributed by atoms with van der Waals surface area (Å²) in [5.74, 6) is -0.216. The molecule has 1 N–H and O–H groups in total. The minimum absolute atomic E-state index is 0. The Kier molecular flexibility index (Phi) is 13.7. The quantitative estimate of drug-likeness (QED) is 0.264. The maximum Gasteiger partial charge on any atom is 0.189 e. The van der Waals surface area contributed by atoms with Crippen molar-refractivity contribution in [3.8, 4) is 0 Å². The Morgan fingerprint density at radius 1 is 0.773 bits per heavy atom. The summed E-state index contributed by atoms with van der Waals surface area (Å²) < 4.78 is 0. The predicted octanol–water partition coefficient (Wildman–Crippen LogP) is 5.07. The first kappa shape index (κ1) is 22.0. The molecule has 0 spiro atoms. The number of carbonyl (C=O) groups excluding carboxylic acids is 1. The van der Waals surface area contributed by atoms with Crippen LogP contribution in [0.15, 0.2) is 93.1 Å². The second kappa shape index (κ2) is 13.7. The van der Waals surface area contributed by atoms with Crippen LogP contribution in [0.25, 0.3) is 5.76 Å². The SMILES string of the molecule is C=C.C=C.O=C(/C=C(\O)c1ccccc1)c1ccccc1.[Rh]. The van der Waals surface area contributed by atoms with E-state index in [4.69, 9.17) is 0 Å². The molecule has 1 radical (unpaired) electrons. The normalized spacial score (nSPS) is 9.00. The summed E-state index contributed by atoms with van der Waals surface area (Å²) >= 11 is 0. The van der Waals surface area contributed by atoms with Crippen LogP contribution in [0.1, 0.15) is 15.9 Å². The van der Waals surface area contributed by atoms with E-state index in [0.29, 0.717) is 11.1 Å². The molecular formula is C19H20O2Rh. The summed E-state index contributed by atoms with van der Waals surface area (Å²) in [6.45, 7) is 12.0. The van der Waals surface area contributed by atoms with Gasteiger partial charge < -0.3 is 5.11 Å². The Balaban J connectivity index is 0. The molecule has 0 aliphatic heterocycles. The molecule has 0 aliphatic rings. The number of aliphatic hydroxyl groups excluding tert-OH is 1. The van der Waals surface area contributed by atoms with Gasteiger partial charge in [-0.1, -0.05) is 60.7 Å². The maximum atomic E-state index is 11.8. The Bertz CT molecular complexity index is 561. The van der Waals surface area contributed by atoms with Crippen molar-refractivity contribution in [3.63, 3.8) is 0 Å². The summed E-state index contributed by atoms with van der Waals surface area (Å²) in [5.41, 5.74) is 1.20. The number of allylic oxidation sites excluding steroid dienone is 1. The fraction of sp³-hybridized carbons (Fsp3) is 0. The zero-order valence-corrected chi connectivity index (χ0v) is 14.0. The number of hydrogen-bond donors (Lipinski definition) is 1. The van der Waals surface area contributed by atoms with Crippen molar-refractivity contribution >= 4 is 11.5 Å². The summed E-state index contributed by atoms with van der Waals surface area (Å²) in [7, 11) is 0. The van der Waals surface area contributed by atoms with Crippen molar-refractivity contribution in [1.29, 1.82) is 0 Å². The third-order valence-corrected chi connectivity index (χ3v) is 2.40. The van der Waals surface area contributed by atoms with Crippen molar-refractivity contribution in [1.82, 2.24) is 0 Å². The van der Waals surface area contributed by atoms with E-state index in [1.165, 1.54) is 6.08 Å². The average molecular weight is 383 g/mol. The molecule has 0 bridgehead atoms. The number of hydrogen-bond acceptors (Lipinski definition) is 2. The monoisotopic (exact) mass is 383 g/mol. The van der Waals surface area contributed by atoms with Crippen molar-refractivity contribution in [3.05, 3.63) is 104 Å². The number of aliphatic hydroxyl groups is 1. The van der Waals surface area contributed by atoms with E-state index in [1.807, 2.05) is 24.3 Å². The van der Waals surface area contributed by atoms with Gasteiger partial charge in [-0.25, -0.2) is 0 Å². The molecule has 0 saturated carbocycles. The van der Waals surface area contributed by atoms with Crippen LogP contribution in [0, 0.1) is 0 Å². The third kappa shape index (κ3) is 7.51. The largest absolute Gasteiger partial charge is 0.507 e. The third-order valence-electron chi connectivity index (χ3n) is 2.40. The Morgan fingerprint density at radius 2 is 1.14 bits per heavy atom. The standard InChI is InChI=1S/C15H12O2.2C2H4.Rh/c16-14(12-7-3-1-4-8-12)11-15(17)13-9-5-2-6-10-13;2*1-2;/h1-11,16H;2*1-2H2;/b14-11-;;;. The van der Waals surface area contributed by atoms with Crippen molar-refractivity contribution in [2.45, 2.75) is 0 Å². The molecule has 0 heterocycles. The van der Waals surface area contributed by atoms with Crippen molar-refractivity contribution in [2.75, 3.05) is 0 Å². The second-order valence-electron chi connectivity index (χ2n) is 3.63. The molecule has 2 nitrogen and oxygen atoms in total. The van der Waals surface area contributed by atoms with Gasteiger partial charge in [0.2, 0.25) is 0 Å². The summed E-state index contributed by atoms with van der Waals surface area (Å²) in [5, 5.41) is 9.79. The first-order valence-corrected chi connectivity index (χ1v) is 6.33. The van der Waals surface area contributed by atoms with E-state index in [2.05, 4.69) is 26.3 Å².